The molecule has 0 N–H and O–H groups in total. The maximum atomic E-state index is 13.4. The van der Waals surface area contributed by atoms with E-state index in [-0.39, 0.29) is 22.9 Å². The van der Waals surface area contributed by atoms with Crippen molar-refractivity contribution in [3.05, 3.63) is 78.3 Å². The van der Waals surface area contributed by atoms with Crippen molar-refractivity contribution in [1.82, 2.24) is 15.2 Å². The van der Waals surface area contributed by atoms with Crippen LogP contribution in [0.2, 0.25) is 0 Å². The van der Waals surface area contributed by atoms with Crippen LogP contribution in [0.25, 0.3) is 22.7 Å². The lowest BCUT2D eigenvalue weighted by atomic mass is 10.1. The summed E-state index contributed by atoms with van der Waals surface area (Å²) >= 11 is 0. The van der Waals surface area contributed by atoms with Crippen LogP contribution in [0.1, 0.15) is 17.9 Å². The van der Waals surface area contributed by atoms with Gasteiger partial charge in [0.15, 0.2) is 0 Å². The summed E-state index contributed by atoms with van der Waals surface area (Å²) in [5.41, 5.74) is 2.65. The van der Waals surface area contributed by atoms with Crippen LogP contribution in [0.5, 0.6) is 0 Å². The summed E-state index contributed by atoms with van der Waals surface area (Å²) in [6.07, 6.45) is -1.26. The molecule has 0 saturated carbocycles. The summed E-state index contributed by atoms with van der Waals surface area (Å²) in [5.74, 6) is -0.982. The molecule has 0 spiro atoms. The van der Waals surface area contributed by atoms with Crippen LogP contribution in [0, 0.1) is 0 Å². The maximum absolute atomic E-state index is 13.4. The number of hydrogen-bond donors (Lipinski definition) is 0. The topological polar surface area (TPSA) is 89.2 Å². The average Bonchev–Trinajstić information content (AvgIpc) is 3.37. The molecule has 0 unspecified atom stereocenters. The molecule has 4 aromatic rings. The van der Waals surface area contributed by atoms with Crippen LogP contribution in [0.3, 0.4) is 0 Å². The second-order valence-electron chi connectivity index (χ2n) is 6.81. The number of alkyl halides is 2. The minimum Gasteiger partial charge on any atom is -0.415 e. The standard InChI is InChI=1S/C21H14F2N4O3S/c22-19(23)21-26-25-20(30-21)13-8-9-14-12-27(31(28,29)18(14)11-13)17-7-2-1-5-15(17)16-6-3-4-10-24-16/h1-11,19H,12H2. The molecule has 0 fully saturated rings. The van der Waals surface area contributed by atoms with Crippen molar-refractivity contribution in [2.75, 3.05) is 4.31 Å². The monoisotopic (exact) mass is 440 g/mol. The molecule has 1 aliphatic heterocycles. The summed E-state index contributed by atoms with van der Waals surface area (Å²) in [6.45, 7) is 0.133. The predicted molar refractivity (Wildman–Crippen MR) is 108 cm³/mol. The summed E-state index contributed by atoms with van der Waals surface area (Å²) < 4.78 is 58.5. The lowest BCUT2D eigenvalue weighted by Gasteiger charge is -2.20. The molecule has 2 aromatic heterocycles. The van der Waals surface area contributed by atoms with E-state index in [0.29, 0.717) is 22.5 Å². The van der Waals surface area contributed by atoms with Gasteiger partial charge in [-0.05, 0) is 35.9 Å². The third kappa shape index (κ3) is 3.25. The Morgan fingerprint density at radius 1 is 1.00 bits per heavy atom. The molecule has 10 heteroatoms. The molecule has 0 atom stereocenters. The van der Waals surface area contributed by atoms with Crippen molar-refractivity contribution >= 4 is 15.7 Å². The molecule has 0 aliphatic carbocycles. The summed E-state index contributed by atoms with van der Waals surface area (Å²) in [5, 5.41) is 6.89. The first-order valence-electron chi connectivity index (χ1n) is 9.23. The lowest BCUT2D eigenvalue weighted by molar-refractivity contribution is 0.116. The largest absolute Gasteiger partial charge is 0.415 e. The van der Waals surface area contributed by atoms with Crippen molar-refractivity contribution in [1.29, 1.82) is 0 Å². The van der Waals surface area contributed by atoms with Crippen molar-refractivity contribution in [3.63, 3.8) is 0 Å². The lowest BCUT2D eigenvalue weighted by Crippen LogP contribution is -2.24. The molecular weight excluding hydrogens is 426 g/mol. The Labute approximate surface area is 176 Å². The van der Waals surface area contributed by atoms with Crippen molar-refractivity contribution in [2.24, 2.45) is 0 Å². The van der Waals surface area contributed by atoms with Gasteiger partial charge in [-0.15, -0.1) is 10.2 Å². The van der Waals surface area contributed by atoms with E-state index in [9.17, 15) is 17.2 Å². The van der Waals surface area contributed by atoms with Crippen LogP contribution < -0.4 is 4.31 Å². The van der Waals surface area contributed by atoms with Crippen LogP contribution in [-0.2, 0) is 16.6 Å². The Bertz CT molecular complexity index is 1370. The quantitative estimate of drug-likeness (QED) is 0.466. The highest BCUT2D eigenvalue weighted by Crippen LogP contribution is 2.40. The van der Waals surface area contributed by atoms with E-state index in [2.05, 4.69) is 15.2 Å². The average molecular weight is 440 g/mol. The van der Waals surface area contributed by atoms with Gasteiger partial charge in [-0.1, -0.05) is 30.3 Å². The molecule has 156 valence electrons. The molecule has 0 saturated heterocycles. The van der Waals surface area contributed by atoms with Gasteiger partial charge >= 0.3 is 6.43 Å². The SMILES string of the molecule is O=S1(=O)c2cc(-c3nnc(C(F)F)o3)ccc2CN1c1ccccc1-c1ccccn1. The predicted octanol–water partition coefficient (Wildman–Crippen LogP) is 4.45. The zero-order valence-electron chi connectivity index (χ0n) is 15.8. The Kier molecular flexibility index (Phi) is 4.51. The third-order valence-electron chi connectivity index (χ3n) is 4.94. The first-order valence-corrected chi connectivity index (χ1v) is 10.7. The number of para-hydroxylation sites is 1. The van der Waals surface area contributed by atoms with Crippen LogP contribution >= 0.6 is 0 Å². The number of sulfonamides is 1. The number of benzene rings is 2. The van der Waals surface area contributed by atoms with Gasteiger partial charge in [0.2, 0.25) is 5.89 Å². The molecule has 0 amide bonds. The molecule has 3 heterocycles. The van der Waals surface area contributed by atoms with Gasteiger partial charge in [-0.25, -0.2) is 8.42 Å². The number of hydrogen-bond acceptors (Lipinski definition) is 6. The Morgan fingerprint density at radius 2 is 1.81 bits per heavy atom. The van der Waals surface area contributed by atoms with Crippen molar-refractivity contribution in [3.8, 4) is 22.7 Å². The normalized spacial score (nSPS) is 14.7. The van der Waals surface area contributed by atoms with Gasteiger partial charge in [-0.3, -0.25) is 9.29 Å². The van der Waals surface area contributed by atoms with Gasteiger partial charge in [0.05, 0.1) is 22.8 Å². The second kappa shape index (κ2) is 7.24. The minimum atomic E-state index is -3.90. The van der Waals surface area contributed by atoms with Crippen LogP contribution in [0.4, 0.5) is 14.5 Å². The number of aromatic nitrogens is 3. The van der Waals surface area contributed by atoms with Gasteiger partial charge in [0, 0.05) is 17.3 Å². The van der Waals surface area contributed by atoms with Gasteiger partial charge in [-0.2, -0.15) is 8.78 Å². The highest BCUT2D eigenvalue weighted by molar-refractivity contribution is 7.93. The Balaban J connectivity index is 1.57. The summed E-state index contributed by atoms with van der Waals surface area (Å²) in [6, 6.07) is 17.1. The Morgan fingerprint density at radius 3 is 2.55 bits per heavy atom. The fourth-order valence-corrected chi connectivity index (χ4v) is 5.21. The van der Waals surface area contributed by atoms with Crippen LogP contribution in [-0.4, -0.2) is 23.6 Å². The molecule has 2 aromatic carbocycles. The van der Waals surface area contributed by atoms with E-state index >= 15 is 0 Å². The van der Waals surface area contributed by atoms with E-state index in [4.69, 9.17) is 4.42 Å². The first kappa shape index (κ1) is 19.3. The molecule has 1 aliphatic rings. The molecule has 7 nitrogen and oxygen atoms in total. The second-order valence-corrected chi connectivity index (χ2v) is 8.64. The van der Waals surface area contributed by atoms with E-state index in [0.717, 1.165) is 0 Å². The zero-order chi connectivity index (χ0) is 21.6. The molecule has 0 radical (unpaired) electrons. The van der Waals surface area contributed by atoms with Crippen molar-refractivity contribution in [2.45, 2.75) is 17.9 Å². The van der Waals surface area contributed by atoms with E-state index in [1.54, 1.807) is 36.5 Å². The minimum absolute atomic E-state index is 0.0672. The van der Waals surface area contributed by atoms with Gasteiger partial charge < -0.3 is 4.42 Å². The Hall–Kier alpha value is -3.66. The molecular formula is C21H14F2N4O3S. The van der Waals surface area contributed by atoms with Gasteiger partial charge in [0.25, 0.3) is 15.9 Å². The molecule has 0 bridgehead atoms. The zero-order valence-corrected chi connectivity index (χ0v) is 16.6. The number of nitrogens with zero attached hydrogens (tertiary/aromatic N) is 4. The smallest absolute Gasteiger partial charge is 0.314 e. The highest BCUT2D eigenvalue weighted by Gasteiger charge is 2.36. The number of fused-ring (bicyclic) bond motifs is 1. The van der Waals surface area contributed by atoms with E-state index in [1.165, 1.54) is 10.4 Å². The number of pyridine rings is 1. The fraction of sp³-hybridized carbons (Fsp3) is 0.0952. The molecule has 5 rings (SSSR count). The summed E-state index contributed by atoms with van der Waals surface area (Å²) in [7, 11) is -3.90. The first-order chi connectivity index (χ1) is 14.9. The third-order valence-corrected chi connectivity index (χ3v) is 6.78. The number of anilines is 1. The molecule has 31 heavy (non-hydrogen) atoms. The summed E-state index contributed by atoms with van der Waals surface area (Å²) in [4.78, 5) is 4.41. The van der Waals surface area contributed by atoms with Gasteiger partial charge in [0.1, 0.15) is 0 Å². The van der Waals surface area contributed by atoms with Crippen LogP contribution in [0.15, 0.2) is 76.2 Å². The van der Waals surface area contributed by atoms with E-state index in [1.807, 2.05) is 24.3 Å². The van der Waals surface area contributed by atoms with E-state index < -0.39 is 22.3 Å². The maximum Gasteiger partial charge on any atom is 0.314 e. The number of halogens is 2. The highest BCUT2D eigenvalue weighted by atomic mass is 32.2. The van der Waals surface area contributed by atoms with Crippen molar-refractivity contribution < 1.29 is 21.6 Å². The number of rotatable bonds is 4. The fourth-order valence-electron chi connectivity index (χ4n) is 3.50.